The molecule has 1 saturated carbocycles. The third kappa shape index (κ3) is 2.93. The van der Waals surface area contributed by atoms with Crippen molar-refractivity contribution in [2.45, 2.75) is 50.6 Å². The van der Waals surface area contributed by atoms with E-state index in [1.165, 1.54) is 12.8 Å². The first-order valence-corrected chi connectivity index (χ1v) is 6.53. The van der Waals surface area contributed by atoms with Crippen molar-refractivity contribution in [1.29, 1.82) is 0 Å². The fourth-order valence-corrected chi connectivity index (χ4v) is 3.72. The summed E-state index contributed by atoms with van der Waals surface area (Å²) in [7, 11) is 0. The Kier molecular flexibility index (Phi) is 4.49. The predicted octanol–water partition coefficient (Wildman–Crippen LogP) is 0.340. The summed E-state index contributed by atoms with van der Waals surface area (Å²) < 4.78 is 37.7. The third-order valence-corrected chi connectivity index (χ3v) is 4.91. The summed E-state index contributed by atoms with van der Waals surface area (Å²) in [5, 5.41) is 0. The van der Waals surface area contributed by atoms with Crippen LogP contribution in [0.4, 0.5) is 12.9 Å². The number of rotatable bonds is 3. The smallest absolute Gasteiger partial charge is 0.445 e. The van der Waals surface area contributed by atoms with Gasteiger partial charge < -0.3 is 12.9 Å². The molecule has 0 amide bonds. The van der Waals surface area contributed by atoms with Crippen LogP contribution in [-0.2, 0) is 0 Å². The van der Waals surface area contributed by atoms with E-state index < -0.39 is 12.4 Å². The molecule has 6 heteroatoms. The van der Waals surface area contributed by atoms with Crippen LogP contribution < -0.4 is 51.4 Å². The van der Waals surface area contributed by atoms with E-state index in [1.54, 1.807) is 0 Å². The van der Waals surface area contributed by atoms with E-state index in [1.807, 2.05) is 0 Å². The Balaban J connectivity index is 0.00000120. The number of hydrogen-bond acceptors (Lipinski definition) is 1. The van der Waals surface area contributed by atoms with Crippen molar-refractivity contribution in [3.05, 3.63) is 12.1 Å². The summed E-state index contributed by atoms with van der Waals surface area (Å²) in [5.74, 6) is 0. The molecule has 1 spiro atoms. The molecule has 96 valence electrons. The number of piperidine rings is 1. The molecule has 2 saturated heterocycles. The molecule has 18 heavy (non-hydrogen) atoms. The maximum Gasteiger partial charge on any atom is 1.00 e. The second-order valence-corrected chi connectivity index (χ2v) is 6.20. The van der Waals surface area contributed by atoms with Crippen LogP contribution in [0.2, 0.25) is 0 Å². The van der Waals surface area contributed by atoms with Gasteiger partial charge in [-0.05, 0) is 50.5 Å². The molecular formula is C12H18BF3KN. The molecule has 3 aliphatic rings. The van der Waals surface area contributed by atoms with E-state index in [4.69, 9.17) is 0 Å². The van der Waals surface area contributed by atoms with Gasteiger partial charge in [-0.25, -0.2) is 0 Å². The zero-order chi connectivity index (χ0) is 12.3. The minimum absolute atomic E-state index is 0. The maximum atomic E-state index is 12.6. The topological polar surface area (TPSA) is 3.24 Å². The van der Waals surface area contributed by atoms with Crippen LogP contribution in [0.5, 0.6) is 0 Å². The zero-order valence-electron chi connectivity index (χ0n) is 11.0. The van der Waals surface area contributed by atoms with Crippen molar-refractivity contribution in [1.82, 2.24) is 4.90 Å². The Morgan fingerprint density at radius 2 is 1.67 bits per heavy atom. The van der Waals surface area contributed by atoms with Crippen molar-refractivity contribution >= 4 is 6.98 Å². The van der Waals surface area contributed by atoms with Gasteiger partial charge in [-0.1, -0.05) is 0 Å². The average Bonchev–Trinajstić information content (AvgIpc) is 2.93. The average molecular weight is 283 g/mol. The fourth-order valence-electron chi connectivity index (χ4n) is 3.72. The monoisotopic (exact) mass is 283 g/mol. The van der Waals surface area contributed by atoms with Crippen LogP contribution in [0.25, 0.3) is 0 Å². The first-order chi connectivity index (χ1) is 7.90. The fraction of sp³-hybridized carbons (Fsp3) is 0.833. The standard InChI is InChI=1S/C12H18BF3N.K/c1-9(13(14,15)16)8-17-10-2-3-11(17)7-12(6-10)4-5-12;/h10-11H,1-8H2;/q-1;+1. The summed E-state index contributed by atoms with van der Waals surface area (Å²) in [6.07, 6.45) is 7.04. The third-order valence-electron chi connectivity index (χ3n) is 4.91. The van der Waals surface area contributed by atoms with Crippen molar-refractivity contribution in [2.75, 3.05) is 6.54 Å². The van der Waals surface area contributed by atoms with Crippen LogP contribution >= 0.6 is 0 Å². The summed E-state index contributed by atoms with van der Waals surface area (Å²) >= 11 is 0. The molecule has 2 atom stereocenters. The molecule has 0 aromatic carbocycles. The first kappa shape index (κ1) is 15.6. The Morgan fingerprint density at radius 3 is 2.06 bits per heavy atom. The molecule has 2 aliphatic heterocycles. The first-order valence-electron chi connectivity index (χ1n) is 6.53. The van der Waals surface area contributed by atoms with Crippen LogP contribution in [0.3, 0.4) is 0 Å². The molecule has 0 aromatic rings. The van der Waals surface area contributed by atoms with E-state index >= 15 is 0 Å². The SMILES string of the molecule is C=C(CN1C2CCC1CC1(CC1)C2)[B-](F)(F)F.[K+]. The molecule has 1 aliphatic carbocycles. The van der Waals surface area contributed by atoms with Gasteiger partial charge in [0.05, 0.1) is 0 Å². The Hall–Kier alpha value is 1.19. The van der Waals surface area contributed by atoms with Crippen molar-refractivity contribution in [2.24, 2.45) is 5.41 Å². The van der Waals surface area contributed by atoms with Gasteiger partial charge in [0.2, 0.25) is 0 Å². The van der Waals surface area contributed by atoms with Gasteiger partial charge in [0.25, 0.3) is 0 Å². The summed E-state index contributed by atoms with van der Waals surface area (Å²) in [4.78, 5) is 2.08. The Labute approximate surface area is 149 Å². The molecule has 2 bridgehead atoms. The molecule has 0 aromatic heterocycles. The van der Waals surface area contributed by atoms with Gasteiger partial charge >= 0.3 is 58.4 Å². The Bertz CT molecular complexity index is 338. The molecule has 3 rings (SSSR count). The molecular weight excluding hydrogens is 265 g/mol. The number of halogens is 3. The van der Waals surface area contributed by atoms with Gasteiger partial charge in [0.1, 0.15) is 0 Å². The van der Waals surface area contributed by atoms with E-state index in [9.17, 15) is 12.9 Å². The quantitative estimate of drug-likeness (QED) is 0.675. The van der Waals surface area contributed by atoms with E-state index in [-0.39, 0.29) is 57.9 Å². The van der Waals surface area contributed by atoms with Crippen LogP contribution in [0, 0.1) is 5.41 Å². The minimum atomic E-state index is -4.86. The molecule has 2 unspecified atom stereocenters. The summed E-state index contributed by atoms with van der Waals surface area (Å²) in [6, 6.07) is 0.789. The molecule has 3 fully saturated rings. The second-order valence-electron chi connectivity index (χ2n) is 6.20. The second kappa shape index (κ2) is 5.19. The number of nitrogens with zero attached hydrogens (tertiary/aromatic N) is 1. The van der Waals surface area contributed by atoms with Crippen LogP contribution in [-0.4, -0.2) is 30.5 Å². The van der Waals surface area contributed by atoms with Gasteiger partial charge in [0.15, 0.2) is 0 Å². The summed E-state index contributed by atoms with van der Waals surface area (Å²) in [6.45, 7) is -1.58. The number of hydrogen-bond donors (Lipinski definition) is 0. The van der Waals surface area contributed by atoms with Gasteiger partial charge in [0, 0.05) is 12.1 Å². The molecule has 2 heterocycles. The normalized spacial score (nSPS) is 33.3. The molecule has 0 radical (unpaired) electrons. The zero-order valence-corrected chi connectivity index (χ0v) is 14.1. The predicted molar refractivity (Wildman–Crippen MR) is 62.6 cm³/mol. The summed E-state index contributed by atoms with van der Waals surface area (Å²) in [5.41, 5.74) is 0.0150. The molecule has 1 nitrogen and oxygen atoms in total. The van der Waals surface area contributed by atoms with Crippen molar-refractivity contribution in [3.8, 4) is 0 Å². The van der Waals surface area contributed by atoms with Crippen molar-refractivity contribution in [3.63, 3.8) is 0 Å². The Morgan fingerprint density at radius 1 is 1.17 bits per heavy atom. The van der Waals surface area contributed by atoms with E-state index in [2.05, 4.69) is 11.5 Å². The van der Waals surface area contributed by atoms with E-state index in [0.29, 0.717) is 17.5 Å². The van der Waals surface area contributed by atoms with Crippen molar-refractivity contribution < 1.29 is 64.3 Å². The van der Waals surface area contributed by atoms with E-state index in [0.717, 1.165) is 25.7 Å². The van der Waals surface area contributed by atoms with Crippen LogP contribution in [0.15, 0.2) is 12.1 Å². The van der Waals surface area contributed by atoms with Gasteiger partial charge in [-0.2, -0.15) is 0 Å². The number of fused-ring (bicyclic) bond motifs is 2. The molecule has 0 N–H and O–H groups in total. The van der Waals surface area contributed by atoms with Gasteiger partial charge in [-0.3, -0.25) is 4.90 Å². The largest absolute Gasteiger partial charge is 1.00 e. The maximum absolute atomic E-state index is 12.6. The van der Waals surface area contributed by atoms with Crippen LogP contribution in [0.1, 0.15) is 38.5 Å². The van der Waals surface area contributed by atoms with Gasteiger partial charge in [-0.15, -0.1) is 12.1 Å². The minimum Gasteiger partial charge on any atom is -0.445 e.